The van der Waals surface area contributed by atoms with E-state index >= 15 is 0 Å². The van der Waals surface area contributed by atoms with Gasteiger partial charge in [-0.2, -0.15) is 13.2 Å². The molecule has 0 nitrogen and oxygen atoms in total. The van der Waals surface area contributed by atoms with Crippen LogP contribution in [0.3, 0.4) is 0 Å². The van der Waals surface area contributed by atoms with E-state index in [1.807, 2.05) is 6.92 Å². The lowest BCUT2D eigenvalue weighted by molar-refractivity contribution is -0.0940. The van der Waals surface area contributed by atoms with Gasteiger partial charge in [-0.05, 0) is 18.3 Å². The summed E-state index contributed by atoms with van der Waals surface area (Å²) in [4.78, 5) is 0. The van der Waals surface area contributed by atoms with Gasteiger partial charge in [0.2, 0.25) is 0 Å². The van der Waals surface area contributed by atoms with Gasteiger partial charge in [-0.1, -0.05) is 25.7 Å². The van der Waals surface area contributed by atoms with Crippen molar-refractivity contribution in [1.29, 1.82) is 0 Å². The molecule has 1 fully saturated rings. The number of hydrogen-bond acceptors (Lipinski definition) is 0. The van der Waals surface area contributed by atoms with Crippen LogP contribution in [0.4, 0.5) is 13.2 Å². The molecule has 0 spiro atoms. The van der Waals surface area contributed by atoms with E-state index in [-0.39, 0.29) is 18.3 Å². The molecule has 12 heavy (non-hydrogen) atoms. The van der Waals surface area contributed by atoms with Crippen LogP contribution in [0.2, 0.25) is 0 Å². The summed E-state index contributed by atoms with van der Waals surface area (Å²) >= 11 is 0. The molecule has 0 heterocycles. The second kappa shape index (κ2) is 2.64. The number of allylic oxidation sites excluding steroid dienone is 2. The van der Waals surface area contributed by atoms with Gasteiger partial charge < -0.3 is 0 Å². The predicted octanol–water partition coefficient (Wildman–Crippen LogP) is 3.32. The number of alkyl halides is 3. The molecule has 68 valence electrons. The Morgan fingerprint density at radius 1 is 1.50 bits per heavy atom. The smallest absolute Gasteiger partial charge is 0.167 e. The van der Waals surface area contributed by atoms with Crippen LogP contribution in [0.5, 0.6) is 0 Å². The van der Waals surface area contributed by atoms with Crippen molar-refractivity contribution < 1.29 is 13.2 Å². The van der Waals surface area contributed by atoms with Gasteiger partial charge in [0.25, 0.3) is 0 Å². The Hall–Kier alpha value is -0.730. The SMILES string of the molecule is C=C1C(C)[C@@H]1CC(=C)C(F)(F)F. The molecule has 0 aromatic heterocycles. The van der Waals surface area contributed by atoms with Crippen molar-refractivity contribution in [3.8, 4) is 0 Å². The van der Waals surface area contributed by atoms with E-state index in [9.17, 15) is 13.2 Å². The van der Waals surface area contributed by atoms with Crippen molar-refractivity contribution in [2.75, 3.05) is 0 Å². The molecular formula is C9H11F3. The van der Waals surface area contributed by atoms with E-state index in [1.54, 1.807) is 0 Å². The lowest BCUT2D eigenvalue weighted by atomic mass is 10.1. The van der Waals surface area contributed by atoms with Gasteiger partial charge in [0.15, 0.2) is 0 Å². The zero-order chi connectivity index (χ0) is 9.52. The van der Waals surface area contributed by atoms with Gasteiger partial charge in [-0.3, -0.25) is 0 Å². The van der Waals surface area contributed by atoms with Gasteiger partial charge in [0.1, 0.15) is 0 Å². The zero-order valence-corrected chi connectivity index (χ0v) is 6.91. The second-order valence-electron chi connectivity index (χ2n) is 3.28. The molecule has 1 unspecified atom stereocenters. The minimum absolute atomic E-state index is 0.0131. The van der Waals surface area contributed by atoms with Crippen molar-refractivity contribution in [2.24, 2.45) is 11.8 Å². The van der Waals surface area contributed by atoms with Crippen LogP contribution in [0.1, 0.15) is 13.3 Å². The van der Waals surface area contributed by atoms with E-state index in [2.05, 4.69) is 13.2 Å². The van der Waals surface area contributed by atoms with Gasteiger partial charge in [-0.15, -0.1) is 0 Å². The minimum atomic E-state index is -4.23. The lowest BCUT2D eigenvalue weighted by Gasteiger charge is -2.08. The summed E-state index contributed by atoms with van der Waals surface area (Å²) in [5.41, 5.74) is 0.276. The summed E-state index contributed by atoms with van der Waals surface area (Å²) in [6.45, 7) is 8.55. The Labute approximate surface area is 69.8 Å². The molecule has 0 aromatic carbocycles. The molecule has 0 aromatic rings. The largest absolute Gasteiger partial charge is 0.412 e. The fraction of sp³-hybridized carbons (Fsp3) is 0.556. The Morgan fingerprint density at radius 3 is 2.17 bits per heavy atom. The van der Waals surface area contributed by atoms with E-state index in [0.717, 1.165) is 5.57 Å². The molecule has 3 heteroatoms. The summed E-state index contributed by atoms with van der Waals surface area (Å²) in [5.74, 6) is 0.253. The van der Waals surface area contributed by atoms with Gasteiger partial charge in [0.05, 0.1) is 0 Å². The molecule has 1 saturated carbocycles. The molecule has 1 aliphatic rings. The lowest BCUT2D eigenvalue weighted by Crippen LogP contribution is -2.11. The molecule has 0 radical (unpaired) electrons. The average Bonchev–Trinajstić information content (AvgIpc) is 2.43. The Balaban J connectivity index is 2.44. The third kappa shape index (κ3) is 1.71. The van der Waals surface area contributed by atoms with Crippen LogP contribution < -0.4 is 0 Å². The van der Waals surface area contributed by atoms with Gasteiger partial charge in [0, 0.05) is 5.57 Å². The highest BCUT2D eigenvalue weighted by molar-refractivity contribution is 5.28. The van der Waals surface area contributed by atoms with Crippen molar-refractivity contribution in [3.63, 3.8) is 0 Å². The average molecular weight is 176 g/mol. The molecule has 1 aliphatic carbocycles. The summed E-state index contributed by atoms with van der Waals surface area (Å²) < 4.78 is 35.9. The number of hydrogen-bond donors (Lipinski definition) is 0. The highest BCUT2D eigenvalue weighted by atomic mass is 19.4. The summed E-state index contributed by atoms with van der Waals surface area (Å²) in [6.07, 6.45) is -4.22. The van der Waals surface area contributed by atoms with Crippen molar-refractivity contribution in [1.82, 2.24) is 0 Å². The van der Waals surface area contributed by atoms with Crippen LogP contribution >= 0.6 is 0 Å². The summed E-state index contributed by atoms with van der Waals surface area (Å²) in [7, 11) is 0. The monoisotopic (exact) mass is 176 g/mol. The second-order valence-corrected chi connectivity index (χ2v) is 3.28. The molecule has 0 N–H and O–H groups in total. The Morgan fingerprint density at radius 2 is 1.92 bits per heavy atom. The normalized spacial score (nSPS) is 28.8. The van der Waals surface area contributed by atoms with Crippen LogP contribution in [0.15, 0.2) is 24.3 Å². The minimum Gasteiger partial charge on any atom is -0.167 e. The van der Waals surface area contributed by atoms with E-state index in [1.165, 1.54) is 0 Å². The van der Waals surface area contributed by atoms with E-state index in [4.69, 9.17) is 0 Å². The first-order valence-corrected chi connectivity index (χ1v) is 3.77. The van der Waals surface area contributed by atoms with E-state index in [0.29, 0.717) is 0 Å². The van der Waals surface area contributed by atoms with Crippen LogP contribution in [0, 0.1) is 11.8 Å². The van der Waals surface area contributed by atoms with Crippen molar-refractivity contribution in [2.45, 2.75) is 19.5 Å². The highest BCUT2D eigenvalue weighted by Crippen LogP contribution is 2.49. The van der Waals surface area contributed by atoms with Crippen LogP contribution in [-0.4, -0.2) is 6.18 Å². The topological polar surface area (TPSA) is 0 Å². The molecular weight excluding hydrogens is 165 g/mol. The van der Waals surface area contributed by atoms with E-state index < -0.39 is 11.7 Å². The molecule has 0 bridgehead atoms. The first-order valence-electron chi connectivity index (χ1n) is 3.77. The molecule has 1 rings (SSSR count). The Bertz CT molecular complexity index is 224. The van der Waals surface area contributed by atoms with Crippen LogP contribution in [0.25, 0.3) is 0 Å². The number of halogens is 3. The quantitative estimate of drug-likeness (QED) is 0.566. The molecule has 0 aliphatic heterocycles. The Kier molecular flexibility index (Phi) is 2.06. The third-order valence-electron chi connectivity index (χ3n) is 2.42. The highest BCUT2D eigenvalue weighted by Gasteiger charge is 2.42. The fourth-order valence-electron chi connectivity index (χ4n) is 1.23. The predicted molar refractivity (Wildman–Crippen MR) is 41.6 cm³/mol. The van der Waals surface area contributed by atoms with Gasteiger partial charge >= 0.3 is 6.18 Å². The first-order chi connectivity index (χ1) is 5.34. The van der Waals surface area contributed by atoms with Crippen molar-refractivity contribution >= 4 is 0 Å². The third-order valence-corrected chi connectivity index (χ3v) is 2.42. The fourth-order valence-corrected chi connectivity index (χ4v) is 1.23. The molecule has 0 amide bonds. The maximum absolute atomic E-state index is 12.0. The zero-order valence-electron chi connectivity index (χ0n) is 6.91. The maximum atomic E-state index is 12.0. The van der Waals surface area contributed by atoms with Crippen LogP contribution in [-0.2, 0) is 0 Å². The van der Waals surface area contributed by atoms with Crippen molar-refractivity contribution in [3.05, 3.63) is 24.3 Å². The standard InChI is InChI=1S/C9H11F3/c1-5(9(10,11)12)4-8-6(2)7(8)3/h7-8H,1-2,4H2,3H3/t7?,8-/m1/s1. The summed E-state index contributed by atoms with van der Waals surface area (Å²) in [6, 6.07) is 0. The summed E-state index contributed by atoms with van der Waals surface area (Å²) in [5, 5.41) is 0. The molecule has 0 saturated heterocycles. The maximum Gasteiger partial charge on any atom is 0.412 e. The number of rotatable bonds is 2. The van der Waals surface area contributed by atoms with Gasteiger partial charge in [-0.25, -0.2) is 0 Å². The first kappa shape index (κ1) is 9.36. The molecule has 2 atom stereocenters.